The van der Waals surface area contributed by atoms with Gasteiger partial charge in [-0.25, -0.2) is 13.4 Å². The van der Waals surface area contributed by atoms with Gasteiger partial charge in [0.15, 0.2) is 5.58 Å². The lowest BCUT2D eigenvalue weighted by molar-refractivity contribution is 0.337. The van der Waals surface area contributed by atoms with Crippen LogP contribution in [0.1, 0.15) is 50.1 Å². The Hall–Kier alpha value is -2.18. The summed E-state index contributed by atoms with van der Waals surface area (Å²) < 4.78 is 33.0. The van der Waals surface area contributed by atoms with Crippen molar-refractivity contribution in [3.63, 3.8) is 0 Å². The Morgan fingerprint density at radius 1 is 1.21 bits per heavy atom. The molecule has 3 aromatic rings. The van der Waals surface area contributed by atoms with E-state index in [1.165, 1.54) is 11.1 Å². The second-order valence-corrected chi connectivity index (χ2v) is 9.53. The second-order valence-electron chi connectivity index (χ2n) is 7.49. The number of oxazole rings is 1. The molecule has 0 amide bonds. The van der Waals surface area contributed by atoms with Crippen LogP contribution in [-0.2, 0) is 10.0 Å². The zero-order chi connectivity index (χ0) is 19.7. The maximum Gasteiger partial charge on any atom is 0.214 e. The summed E-state index contributed by atoms with van der Waals surface area (Å²) >= 11 is 0. The van der Waals surface area contributed by atoms with Gasteiger partial charge in [-0.2, -0.15) is 4.31 Å². The summed E-state index contributed by atoms with van der Waals surface area (Å²) in [5.74, 6) is 0.701. The van der Waals surface area contributed by atoms with Crippen molar-refractivity contribution in [3.8, 4) is 11.1 Å². The molecule has 28 heavy (non-hydrogen) atoms. The number of rotatable bonds is 6. The summed E-state index contributed by atoms with van der Waals surface area (Å²) in [7, 11) is -3.28. The lowest BCUT2D eigenvalue weighted by atomic mass is 10.0. The third kappa shape index (κ3) is 3.59. The van der Waals surface area contributed by atoms with Gasteiger partial charge in [0.05, 0.1) is 5.75 Å². The van der Waals surface area contributed by atoms with Gasteiger partial charge in [-0.15, -0.1) is 0 Å². The van der Waals surface area contributed by atoms with Gasteiger partial charge in [0.25, 0.3) is 0 Å². The van der Waals surface area contributed by atoms with Crippen molar-refractivity contribution in [1.29, 1.82) is 0 Å². The van der Waals surface area contributed by atoms with Crippen LogP contribution in [0.15, 0.2) is 46.9 Å². The molecule has 0 radical (unpaired) electrons. The predicted molar refractivity (Wildman–Crippen MR) is 112 cm³/mol. The van der Waals surface area contributed by atoms with Crippen molar-refractivity contribution in [2.75, 3.05) is 12.3 Å². The molecular formula is C22H26N2O3S. The first-order valence-corrected chi connectivity index (χ1v) is 11.6. The van der Waals surface area contributed by atoms with E-state index in [-0.39, 0.29) is 11.8 Å². The Bertz CT molecular complexity index is 1090. The van der Waals surface area contributed by atoms with Crippen LogP contribution in [0.4, 0.5) is 0 Å². The van der Waals surface area contributed by atoms with Crippen LogP contribution >= 0.6 is 0 Å². The summed E-state index contributed by atoms with van der Waals surface area (Å²) in [6, 6.07) is 13.9. The molecule has 1 aromatic heterocycles. The summed E-state index contributed by atoms with van der Waals surface area (Å²) in [6.45, 7) is 4.64. The third-order valence-corrected chi connectivity index (χ3v) is 7.42. The van der Waals surface area contributed by atoms with Crippen LogP contribution in [0.25, 0.3) is 22.2 Å². The fourth-order valence-electron chi connectivity index (χ4n) is 3.92. The van der Waals surface area contributed by atoms with Crippen LogP contribution < -0.4 is 0 Å². The molecular weight excluding hydrogens is 372 g/mol. The molecule has 0 bridgehead atoms. The topological polar surface area (TPSA) is 63.4 Å². The van der Waals surface area contributed by atoms with Gasteiger partial charge < -0.3 is 4.42 Å². The first-order valence-electron chi connectivity index (χ1n) is 9.95. The fraction of sp³-hybridized carbons (Fsp3) is 0.409. The van der Waals surface area contributed by atoms with Crippen molar-refractivity contribution < 1.29 is 12.8 Å². The lowest BCUT2D eigenvalue weighted by Crippen LogP contribution is -2.32. The maximum absolute atomic E-state index is 12.7. The fourth-order valence-corrected chi connectivity index (χ4v) is 5.79. The minimum Gasteiger partial charge on any atom is -0.439 e. The number of hydrogen-bond acceptors (Lipinski definition) is 4. The minimum atomic E-state index is -3.28. The molecule has 2 aromatic carbocycles. The van der Waals surface area contributed by atoms with E-state index < -0.39 is 10.0 Å². The highest BCUT2D eigenvalue weighted by Gasteiger charge is 2.37. The van der Waals surface area contributed by atoms with E-state index >= 15 is 0 Å². The van der Waals surface area contributed by atoms with Gasteiger partial charge in [-0.05, 0) is 55.0 Å². The first kappa shape index (κ1) is 19.2. The molecule has 5 nitrogen and oxygen atoms in total. The van der Waals surface area contributed by atoms with E-state index in [2.05, 4.69) is 24.0 Å². The Morgan fingerprint density at radius 3 is 2.82 bits per heavy atom. The SMILES string of the molecule is CCCCS(=O)(=O)N1CCC[C@@H]1c1nc2cc(-c3ccccc3C)ccc2o1. The average Bonchev–Trinajstić information content (AvgIpc) is 3.33. The number of sulfonamides is 1. The quantitative estimate of drug-likeness (QED) is 0.581. The Kier molecular flexibility index (Phi) is 5.25. The van der Waals surface area contributed by atoms with Gasteiger partial charge in [-0.3, -0.25) is 0 Å². The monoisotopic (exact) mass is 398 g/mol. The minimum absolute atomic E-state index is 0.192. The standard InChI is InChI=1S/C22H26N2O3S/c1-3-4-14-28(25,26)24-13-7-10-20(24)22-23-19-15-17(11-12-21(19)27-22)18-9-6-5-8-16(18)2/h5-6,8-9,11-12,15,20H,3-4,7,10,13-14H2,1-2H3/t20-/m1/s1. The smallest absolute Gasteiger partial charge is 0.214 e. The van der Waals surface area contributed by atoms with Crippen LogP contribution in [0.2, 0.25) is 0 Å². The molecule has 1 fully saturated rings. The molecule has 1 saturated heterocycles. The largest absolute Gasteiger partial charge is 0.439 e. The van der Waals surface area contributed by atoms with Crippen LogP contribution in [0.5, 0.6) is 0 Å². The highest BCUT2D eigenvalue weighted by Crippen LogP contribution is 2.36. The van der Waals surface area contributed by atoms with E-state index in [0.29, 0.717) is 24.4 Å². The zero-order valence-corrected chi connectivity index (χ0v) is 17.2. The van der Waals surface area contributed by atoms with Crippen molar-refractivity contribution in [2.45, 2.75) is 45.6 Å². The number of unbranched alkanes of at least 4 members (excludes halogenated alkanes) is 1. The molecule has 0 N–H and O–H groups in total. The Morgan fingerprint density at radius 2 is 2.04 bits per heavy atom. The van der Waals surface area contributed by atoms with Crippen LogP contribution in [0, 0.1) is 6.92 Å². The predicted octanol–water partition coefficient (Wildman–Crippen LogP) is 5.07. The molecule has 1 aliphatic heterocycles. The molecule has 2 heterocycles. The zero-order valence-electron chi connectivity index (χ0n) is 16.4. The molecule has 0 spiro atoms. The number of aryl methyl sites for hydroxylation is 1. The van der Waals surface area contributed by atoms with E-state index in [1.54, 1.807) is 4.31 Å². The maximum atomic E-state index is 12.7. The molecule has 148 valence electrons. The normalized spacial score (nSPS) is 18.1. The van der Waals surface area contributed by atoms with E-state index in [4.69, 9.17) is 4.42 Å². The van der Waals surface area contributed by atoms with Crippen molar-refractivity contribution in [1.82, 2.24) is 9.29 Å². The van der Waals surface area contributed by atoms with Gasteiger partial charge in [-0.1, -0.05) is 43.7 Å². The van der Waals surface area contributed by atoms with Crippen molar-refractivity contribution >= 4 is 21.1 Å². The van der Waals surface area contributed by atoms with E-state index in [0.717, 1.165) is 30.3 Å². The Balaban J connectivity index is 1.67. The second kappa shape index (κ2) is 7.68. The van der Waals surface area contributed by atoms with E-state index in [1.807, 2.05) is 37.3 Å². The van der Waals surface area contributed by atoms with Gasteiger partial charge in [0.1, 0.15) is 11.6 Å². The first-order chi connectivity index (χ1) is 13.5. The van der Waals surface area contributed by atoms with Gasteiger partial charge >= 0.3 is 0 Å². The molecule has 0 saturated carbocycles. The van der Waals surface area contributed by atoms with Crippen LogP contribution in [0.3, 0.4) is 0 Å². The lowest BCUT2D eigenvalue weighted by Gasteiger charge is -2.21. The molecule has 1 aliphatic rings. The summed E-state index contributed by atoms with van der Waals surface area (Å²) in [5.41, 5.74) is 4.93. The molecule has 4 rings (SSSR count). The number of benzene rings is 2. The van der Waals surface area contributed by atoms with Crippen LogP contribution in [-0.4, -0.2) is 30.0 Å². The molecule has 0 aliphatic carbocycles. The summed E-state index contributed by atoms with van der Waals surface area (Å²) in [6.07, 6.45) is 3.13. The van der Waals surface area contributed by atoms with Crippen molar-refractivity contribution in [2.24, 2.45) is 0 Å². The molecule has 6 heteroatoms. The Labute approximate surface area is 166 Å². The molecule has 0 unspecified atom stereocenters. The highest BCUT2D eigenvalue weighted by molar-refractivity contribution is 7.89. The van der Waals surface area contributed by atoms with Gasteiger partial charge in [0.2, 0.25) is 15.9 Å². The van der Waals surface area contributed by atoms with E-state index in [9.17, 15) is 8.42 Å². The highest BCUT2D eigenvalue weighted by atomic mass is 32.2. The third-order valence-electron chi connectivity index (χ3n) is 5.46. The number of aromatic nitrogens is 1. The number of hydrogen-bond donors (Lipinski definition) is 0. The summed E-state index contributed by atoms with van der Waals surface area (Å²) in [5, 5.41) is 0. The number of fused-ring (bicyclic) bond motifs is 1. The van der Waals surface area contributed by atoms with Gasteiger partial charge in [0, 0.05) is 6.54 Å². The summed E-state index contributed by atoms with van der Waals surface area (Å²) in [4.78, 5) is 4.68. The number of nitrogens with zero attached hydrogens (tertiary/aromatic N) is 2. The van der Waals surface area contributed by atoms with Crippen molar-refractivity contribution in [3.05, 3.63) is 53.9 Å². The molecule has 1 atom stereocenters. The average molecular weight is 399 g/mol.